The molecular formula is C25H35N3O7. The lowest BCUT2D eigenvalue weighted by molar-refractivity contribution is -0.148. The molecule has 1 saturated heterocycles. The highest BCUT2D eigenvalue weighted by Gasteiger charge is 2.51. The number of carbonyl (C=O) groups is 5. The van der Waals surface area contributed by atoms with Crippen molar-refractivity contribution in [1.29, 1.82) is 0 Å². The molecule has 3 atom stereocenters. The van der Waals surface area contributed by atoms with Gasteiger partial charge >= 0.3 is 5.97 Å². The van der Waals surface area contributed by atoms with Gasteiger partial charge in [0, 0.05) is 12.1 Å². The lowest BCUT2D eigenvalue weighted by Crippen LogP contribution is -2.66. The maximum atomic E-state index is 13.9. The number of amides is 3. The number of benzene rings is 1. The van der Waals surface area contributed by atoms with Crippen molar-refractivity contribution in [3.8, 4) is 5.75 Å². The minimum absolute atomic E-state index is 0.0184. The third-order valence-electron chi connectivity index (χ3n) is 6.75. The molecule has 0 aromatic heterocycles. The number of aliphatic carboxylic acids is 1. The molecule has 1 aromatic carbocycles. The van der Waals surface area contributed by atoms with Gasteiger partial charge in [0.25, 0.3) is 5.91 Å². The van der Waals surface area contributed by atoms with Gasteiger partial charge in [-0.2, -0.15) is 0 Å². The van der Waals surface area contributed by atoms with E-state index in [1.54, 1.807) is 34.6 Å². The number of aromatic hydroxyl groups is 1. The number of aryl methyl sites for hydroxylation is 1. The first-order chi connectivity index (χ1) is 16.0. The van der Waals surface area contributed by atoms with Crippen LogP contribution in [0.15, 0.2) is 18.2 Å². The molecule has 1 heterocycles. The summed E-state index contributed by atoms with van der Waals surface area (Å²) >= 11 is 0. The number of likely N-dealkylation sites (tertiary alicyclic amines) is 1. The molecule has 3 amide bonds. The molecule has 2 rings (SSSR count). The van der Waals surface area contributed by atoms with E-state index in [-0.39, 0.29) is 12.3 Å². The summed E-state index contributed by atoms with van der Waals surface area (Å²) in [5.41, 5.74) is -2.94. The fraction of sp³-hybridized carbons (Fsp3) is 0.560. The Morgan fingerprint density at radius 3 is 2.26 bits per heavy atom. The Morgan fingerprint density at radius 1 is 1.11 bits per heavy atom. The van der Waals surface area contributed by atoms with Crippen molar-refractivity contribution in [2.24, 2.45) is 5.41 Å². The zero-order valence-corrected chi connectivity index (χ0v) is 21.1. The van der Waals surface area contributed by atoms with E-state index in [0.29, 0.717) is 30.3 Å². The van der Waals surface area contributed by atoms with Crippen LogP contribution in [0.25, 0.3) is 0 Å². The lowest BCUT2D eigenvalue weighted by Gasteiger charge is -2.44. The molecule has 1 aliphatic heterocycles. The SMILES string of the molecule is Cc1cc(O)ccc1C(=O)NC(C)(C(=O)N1CCC[C@H]1C(=O)N[C@@](C)(C=O)CC(=O)O)C(C)(C)C. The Hall–Kier alpha value is -3.43. The van der Waals surface area contributed by atoms with Gasteiger partial charge in [-0.15, -0.1) is 0 Å². The van der Waals surface area contributed by atoms with Crippen LogP contribution in [0, 0.1) is 12.3 Å². The van der Waals surface area contributed by atoms with Crippen LogP contribution >= 0.6 is 0 Å². The minimum Gasteiger partial charge on any atom is -0.508 e. The molecule has 0 aliphatic carbocycles. The molecule has 0 radical (unpaired) electrons. The second-order valence-corrected chi connectivity index (χ2v) is 10.6. The summed E-state index contributed by atoms with van der Waals surface area (Å²) in [6.07, 6.45) is 0.654. The molecular weight excluding hydrogens is 454 g/mol. The molecule has 1 aromatic rings. The summed E-state index contributed by atoms with van der Waals surface area (Å²) in [6, 6.07) is 3.40. The fourth-order valence-corrected chi connectivity index (χ4v) is 4.12. The highest BCUT2D eigenvalue weighted by molar-refractivity contribution is 6.01. The van der Waals surface area contributed by atoms with E-state index in [1.165, 1.54) is 30.0 Å². The van der Waals surface area contributed by atoms with E-state index in [9.17, 15) is 29.1 Å². The molecule has 192 valence electrons. The average Bonchev–Trinajstić information content (AvgIpc) is 3.21. The normalized spacial score (nSPS) is 19.3. The van der Waals surface area contributed by atoms with Crippen LogP contribution in [0.3, 0.4) is 0 Å². The Kier molecular flexibility index (Phi) is 7.99. The van der Waals surface area contributed by atoms with Gasteiger partial charge in [-0.3, -0.25) is 19.2 Å². The smallest absolute Gasteiger partial charge is 0.306 e. The molecule has 0 bridgehead atoms. The third-order valence-corrected chi connectivity index (χ3v) is 6.75. The van der Waals surface area contributed by atoms with Crippen molar-refractivity contribution in [3.05, 3.63) is 29.3 Å². The number of phenols is 1. The zero-order valence-electron chi connectivity index (χ0n) is 21.1. The summed E-state index contributed by atoms with van der Waals surface area (Å²) in [7, 11) is 0. The number of phenolic OH excluding ortho intramolecular Hbond substituents is 1. The maximum Gasteiger partial charge on any atom is 0.306 e. The second-order valence-electron chi connectivity index (χ2n) is 10.6. The Labute approximate surface area is 205 Å². The first-order valence-electron chi connectivity index (χ1n) is 11.5. The van der Waals surface area contributed by atoms with Gasteiger partial charge in [0.15, 0.2) is 0 Å². The molecule has 10 heteroatoms. The first-order valence-corrected chi connectivity index (χ1v) is 11.5. The fourth-order valence-electron chi connectivity index (χ4n) is 4.12. The number of carbonyl (C=O) groups excluding carboxylic acids is 4. The summed E-state index contributed by atoms with van der Waals surface area (Å²) in [4.78, 5) is 64.1. The van der Waals surface area contributed by atoms with Crippen LogP contribution in [0.4, 0.5) is 0 Å². The zero-order chi connectivity index (χ0) is 26.8. The predicted octanol–water partition coefficient (Wildman–Crippen LogP) is 1.77. The molecule has 1 fully saturated rings. The lowest BCUT2D eigenvalue weighted by atomic mass is 9.73. The molecule has 10 nitrogen and oxygen atoms in total. The number of carboxylic acids is 1. The Bertz CT molecular complexity index is 1030. The van der Waals surface area contributed by atoms with Gasteiger partial charge in [0.05, 0.1) is 6.42 Å². The first kappa shape index (κ1) is 27.8. The minimum atomic E-state index is -1.61. The Balaban J connectivity index is 2.34. The number of nitrogens with one attached hydrogen (secondary N) is 2. The van der Waals surface area contributed by atoms with Crippen LogP contribution in [0.1, 0.15) is 69.8 Å². The number of nitrogens with zero attached hydrogens (tertiary/aromatic N) is 1. The van der Waals surface area contributed by atoms with E-state index in [2.05, 4.69) is 10.6 Å². The third kappa shape index (κ3) is 5.98. The van der Waals surface area contributed by atoms with Gasteiger partial charge < -0.3 is 30.5 Å². The van der Waals surface area contributed by atoms with Crippen LogP contribution in [0.5, 0.6) is 5.75 Å². The predicted molar refractivity (Wildman–Crippen MR) is 128 cm³/mol. The van der Waals surface area contributed by atoms with E-state index in [0.717, 1.165) is 0 Å². The van der Waals surface area contributed by atoms with Crippen molar-refractivity contribution < 1.29 is 34.2 Å². The molecule has 0 spiro atoms. The van der Waals surface area contributed by atoms with Gasteiger partial charge in [-0.05, 0) is 62.8 Å². The van der Waals surface area contributed by atoms with Crippen molar-refractivity contribution in [1.82, 2.24) is 15.5 Å². The molecule has 1 unspecified atom stereocenters. The average molecular weight is 490 g/mol. The number of carboxylic acid groups (broad SMARTS) is 1. The van der Waals surface area contributed by atoms with Crippen LogP contribution in [-0.4, -0.2) is 68.8 Å². The number of aldehydes is 1. The summed E-state index contributed by atoms with van der Waals surface area (Å²) in [5, 5.41) is 24.1. The van der Waals surface area contributed by atoms with Crippen molar-refractivity contribution in [3.63, 3.8) is 0 Å². The van der Waals surface area contributed by atoms with Crippen LogP contribution < -0.4 is 10.6 Å². The quantitative estimate of drug-likeness (QED) is 0.406. The molecule has 1 aliphatic rings. The maximum absolute atomic E-state index is 13.9. The summed E-state index contributed by atoms with van der Waals surface area (Å²) in [5.74, 6) is -2.80. The highest BCUT2D eigenvalue weighted by Crippen LogP contribution is 2.35. The molecule has 35 heavy (non-hydrogen) atoms. The van der Waals surface area contributed by atoms with Crippen molar-refractivity contribution in [2.75, 3.05) is 6.54 Å². The summed E-state index contributed by atoms with van der Waals surface area (Å²) in [6.45, 7) is 10.3. The topological polar surface area (TPSA) is 153 Å². The standard InChI is InChI=1S/C25H35N3O7/c1-15-12-16(30)9-10-17(15)20(33)27-25(6,23(2,3)4)22(35)28-11-7-8-18(28)21(34)26-24(5,14-29)13-19(31)32/h9-10,12,14,18,30H,7-8,11,13H2,1-6H3,(H,26,34)(H,27,33)(H,31,32)/t18-,24+,25?/m0/s1. The van der Waals surface area contributed by atoms with Crippen molar-refractivity contribution in [2.45, 2.75) is 77.9 Å². The van der Waals surface area contributed by atoms with E-state index in [1.807, 2.05) is 0 Å². The van der Waals surface area contributed by atoms with Crippen LogP contribution in [0.2, 0.25) is 0 Å². The van der Waals surface area contributed by atoms with Crippen molar-refractivity contribution >= 4 is 30.0 Å². The van der Waals surface area contributed by atoms with Gasteiger partial charge in [0.2, 0.25) is 11.8 Å². The van der Waals surface area contributed by atoms with Crippen LogP contribution in [-0.2, 0) is 19.2 Å². The van der Waals surface area contributed by atoms with Gasteiger partial charge in [-0.1, -0.05) is 20.8 Å². The van der Waals surface area contributed by atoms with Gasteiger partial charge in [-0.25, -0.2) is 0 Å². The number of rotatable bonds is 8. The number of hydrogen-bond acceptors (Lipinski definition) is 6. The van der Waals surface area contributed by atoms with E-state index >= 15 is 0 Å². The molecule has 0 saturated carbocycles. The molecule has 4 N–H and O–H groups in total. The Morgan fingerprint density at radius 2 is 1.74 bits per heavy atom. The second kappa shape index (κ2) is 10.1. The number of hydrogen-bond donors (Lipinski definition) is 4. The van der Waals surface area contributed by atoms with E-state index < -0.39 is 52.6 Å². The highest BCUT2D eigenvalue weighted by atomic mass is 16.4. The van der Waals surface area contributed by atoms with E-state index in [4.69, 9.17) is 5.11 Å². The van der Waals surface area contributed by atoms with Gasteiger partial charge in [0.1, 0.15) is 29.2 Å². The monoisotopic (exact) mass is 489 g/mol. The largest absolute Gasteiger partial charge is 0.508 e. The summed E-state index contributed by atoms with van der Waals surface area (Å²) < 4.78 is 0.